The molecule has 2 aliphatic heterocycles. The van der Waals surface area contributed by atoms with Gasteiger partial charge >= 0.3 is 0 Å². The molecule has 1 N–H and O–H groups in total. The normalized spacial score (nSPS) is 25.1. The zero-order chi connectivity index (χ0) is 18.6. The average molecular weight is 385 g/mol. The lowest BCUT2D eigenvalue weighted by Crippen LogP contribution is -2.43. The third-order valence-electron chi connectivity index (χ3n) is 5.53. The van der Waals surface area contributed by atoms with E-state index in [9.17, 15) is 4.79 Å². The Balaban J connectivity index is 1.27. The summed E-state index contributed by atoms with van der Waals surface area (Å²) >= 11 is 6.17. The lowest BCUT2D eigenvalue weighted by atomic mass is 10.1. The number of amides is 1. The van der Waals surface area contributed by atoms with Crippen molar-refractivity contribution in [2.24, 2.45) is 0 Å². The summed E-state index contributed by atoms with van der Waals surface area (Å²) in [7, 11) is 0. The quantitative estimate of drug-likeness (QED) is 0.856. The number of benzene rings is 2. The minimum absolute atomic E-state index is 0.0975. The Morgan fingerprint density at radius 3 is 2.70 bits per heavy atom. The fourth-order valence-electron chi connectivity index (χ4n) is 4.10. The lowest BCUT2D eigenvalue weighted by Gasteiger charge is -2.35. The number of aryl methyl sites for hydroxylation is 1. The number of nitrogens with one attached hydrogen (secondary N) is 1. The fourth-order valence-corrected chi connectivity index (χ4v) is 4.33. The zero-order valence-corrected chi connectivity index (χ0v) is 16.1. The molecule has 2 saturated heterocycles. The monoisotopic (exact) mass is 384 g/mol. The highest BCUT2D eigenvalue weighted by atomic mass is 35.5. The Morgan fingerprint density at radius 2 is 1.89 bits per heavy atom. The second-order valence-electron chi connectivity index (χ2n) is 7.43. The molecule has 2 fully saturated rings. The number of hydrogen-bond acceptors (Lipinski definition) is 3. The van der Waals surface area contributed by atoms with Gasteiger partial charge in [0.05, 0.1) is 12.7 Å². The SMILES string of the molecule is O=C(CCc1ccccc1Cl)N[C@@H]1C[C@H]2CO[C@@H](c3ccccc3)CN2C1. The van der Waals surface area contributed by atoms with Crippen LogP contribution in [-0.4, -0.2) is 42.6 Å². The number of hydrogen-bond donors (Lipinski definition) is 1. The third kappa shape index (κ3) is 4.52. The molecule has 27 heavy (non-hydrogen) atoms. The summed E-state index contributed by atoms with van der Waals surface area (Å²) in [5.74, 6) is 0.0975. The molecule has 142 valence electrons. The predicted molar refractivity (Wildman–Crippen MR) is 107 cm³/mol. The molecule has 2 aromatic rings. The maximum absolute atomic E-state index is 12.4. The van der Waals surface area contributed by atoms with E-state index in [1.807, 2.05) is 30.3 Å². The summed E-state index contributed by atoms with van der Waals surface area (Å²) in [6.45, 7) is 2.52. The molecule has 1 amide bonds. The first-order chi connectivity index (χ1) is 13.2. The van der Waals surface area contributed by atoms with Gasteiger partial charge in [-0.15, -0.1) is 0 Å². The summed E-state index contributed by atoms with van der Waals surface area (Å²) in [5, 5.41) is 3.93. The molecule has 2 aliphatic rings. The van der Waals surface area contributed by atoms with Crippen molar-refractivity contribution in [1.29, 1.82) is 0 Å². The highest BCUT2D eigenvalue weighted by Gasteiger charge is 2.38. The number of ether oxygens (including phenoxy) is 1. The average Bonchev–Trinajstić information content (AvgIpc) is 3.09. The smallest absolute Gasteiger partial charge is 0.220 e. The second kappa shape index (κ2) is 8.42. The van der Waals surface area contributed by atoms with Crippen LogP contribution >= 0.6 is 11.6 Å². The molecule has 3 atom stereocenters. The molecular formula is C22H25ClN2O2. The van der Waals surface area contributed by atoms with Crippen LogP contribution in [0.5, 0.6) is 0 Å². The maximum Gasteiger partial charge on any atom is 0.220 e. The van der Waals surface area contributed by atoms with E-state index in [0.717, 1.165) is 36.7 Å². The van der Waals surface area contributed by atoms with Gasteiger partial charge in [-0.1, -0.05) is 60.1 Å². The van der Waals surface area contributed by atoms with Crippen molar-refractivity contribution in [2.75, 3.05) is 19.7 Å². The number of nitrogens with zero attached hydrogens (tertiary/aromatic N) is 1. The number of rotatable bonds is 5. The van der Waals surface area contributed by atoms with E-state index >= 15 is 0 Å². The lowest BCUT2D eigenvalue weighted by molar-refractivity contribution is -0.121. The number of morpholine rings is 1. The van der Waals surface area contributed by atoms with E-state index in [4.69, 9.17) is 16.3 Å². The van der Waals surface area contributed by atoms with Crippen LogP contribution in [0.2, 0.25) is 5.02 Å². The molecule has 0 aromatic heterocycles. The van der Waals surface area contributed by atoms with Crippen molar-refractivity contribution in [1.82, 2.24) is 10.2 Å². The Labute approximate surface area is 165 Å². The van der Waals surface area contributed by atoms with Gasteiger partial charge in [-0.3, -0.25) is 9.69 Å². The van der Waals surface area contributed by atoms with Crippen LogP contribution in [0, 0.1) is 0 Å². The molecule has 0 aliphatic carbocycles. The fraction of sp³-hybridized carbons (Fsp3) is 0.409. The number of fused-ring (bicyclic) bond motifs is 1. The van der Waals surface area contributed by atoms with Gasteiger partial charge in [0.1, 0.15) is 0 Å². The summed E-state index contributed by atoms with van der Waals surface area (Å²) in [4.78, 5) is 14.8. The molecule has 0 unspecified atom stereocenters. The predicted octanol–water partition coefficient (Wildman–Crippen LogP) is 3.60. The van der Waals surface area contributed by atoms with Crippen LogP contribution < -0.4 is 5.32 Å². The van der Waals surface area contributed by atoms with Crippen molar-refractivity contribution < 1.29 is 9.53 Å². The van der Waals surface area contributed by atoms with Gasteiger partial charge in [0, 0.05) is 36.6 Å². The first kappa shape index (κ1) is 18.5. The van der Waals surface area contributed by atoms with Crippen LogP contribution in [0.4, 0.5) is 0 Å². The summed E-state index contributed by atoms with van der Waals surface area (Å²) in [6.07, 6.45) is 2.22. The molecule has 5 heteroatoms. The largest absolute Gasteiger partial charge is 0.371 e. The molecular weight excluding hydrogens is 360 g/mol. The topological polar surface area (TPSA) is 41.6 Å². The van der Waals surface area contributed by atoms with Crippen LogP contribution in [0.3, 0.4) is 0 Å². The molecule has 4 rings (SSSR count). The first-order valence-electron chi connectivity index (χ1n) is 9.62. The first-order valence-corrected chi connectivity index (χ1v) is 10.00. The second-order valence-corrected chi connectivity index (χ2v) is 7.84. The van der Waals surface area contributed by atoms with Crippen LogP contribution in [0.1, 0.15) is 30.1 Å². The van der Waals surface area contributed by atoms with Crippen molar-refractivity contribution in [3.05, 3.63) is 70.7 Å². The molecule has 4 nitrogen and oxygen atoms in total. The van der Waals surface area contributed by atoms with E-state index in [2.05, 4.69) is 34.5 Å². The molecule has 0 saturated carbocycles. The minimum atomic E-state index is 0.0975. The van der Waals surface area contributed by atoms with E-state index in [0.29, 0.717) is 18.9 Å². The van der Waals surface area contributed by atoms with Gasteiger partial charge in [-0.05, 0) is 30.0 Å². The number of halogens is 1. The van der Waals surface area contributed by atoms with Crippen LogP contribution in [0.15, 0.2) is 54.6 Å². The Kier molecular flexibility index (Phi) is 5.77. The highest BCUT2D eigenvalue weighted by molar-refractivity contribution is 6.31. The standard InChI is InChI=1S/C22H25ClN2O2/c23-20-9-5-4-6-16(20)10-11-22(26)24-18-12-19-15-27-21(14-25(19)13-18)17-7-2-1-3-8-17/h1-9,18-19,21H,10-15H2,(H,24,26)/t18-,19+,21-/m1/s1. The van der Waals surface area contributed by atoms with E-state index in [-0.39, 0.29) is 18.1 Å². The van der Waals surface area contributed by atoms with E-state index in [1.54, 1.807) is 0 Å². The summed E-state index contributed by atoms with van der Waals surface area (Å²) < 4.78 is 6.08. The zero-order valence-electron chi connectivity index (χ0n) is 15.3. The number of carbonyl (C=O) groups excluding carboxylic acids is 1. The van der Waals surface area contributed by atoms with E-state index in [1.165, 1.54) is 5.56 Å². The summed E-state index contributed by atoms with van der Waals surface area (Å²) in [5.41, 5.74) is 2.25. The van der Waals surface area contributed by atoms with Crippen molar-refractivity contribution >= 4 is 17.5 Å². The maximum atomic E-state index is 12.4. The van der Waals surface area contributed by atoms with Gasteiger partial charge in [-0.2, -0.15) is 0 Å². The van der Waals surface area contributed by atoms with Gasteiger partial charge < -0.3 is 10.1 Å². The Morgan fingerprint density at radius 1 is 1.11 bits per heavy atom. The van der Waals surface area contributed by atoms with Gasteiger partial charge in [0.2, 0.25) is 5.91 Å². The Hall–Kier alpha value is -1.88. The van der Waals surface area contributed by atoms with E-state index < -0.39 is 0 Å². The highest BCUT2D eigenvalue weighted by Crippen LogP contribution is 2.30. The minimum Gasteiger partial charge on any atom is -0.371 e. The van der Waals surface area contributed by atoms with Gasteiger partial charge in [-0.25, -0.2) is 0 Å². The molecule has 2 aromatic carbocycles. The number of carbonyl (C=O) groups is 1. The molecule has 2 heterocycles. The molecule has 0 spiro atoms. The van der Waals surface area contributed by atoms with Crippen molar-refractivity contribution in [3.63, 3.8) is 0 Å². The van der Waals surface area contributed by atoms with Crippen molar-refractivity contribution in [3.8, 4) is 0 Å². The molecule has 0 bridgehead atoms. The van der Waals surface area contributed by atoms with Crippen molar-refractivity contribution in [2.45, 2.75) is 37.5 Å². The Bertz CT molecular complexity index is 783. The van der Waals surface area contributed by atoms with Crippen LogP contribution in [0.25, 0.3) is 0 Å². The third-order valence-corrected chi connectivity index (χ3v) is 5.90. The molecule has 0 radical (unpaired) electrons. The van der Waals surface area contributed by atoms with Gasteiger partial charge in [0.15, 0.2) is 0 Å². The van der Waals surface area contributed by atoms with Crippen LogP contribution in [-0.2, 0) is 16.0 Å². The summed E-state index contributed by atoms with van der Waals surface area (Å²) in [6, 6.07) is 18.7. The van der Waals surface area contributed by atoms with Gasteiger partial charge in [0.25, 0.3) is 0 Å².